The second kappa shape index (κ2) is 11.6. The van der Waals surface area contributed by atoms with Crippen molar-refractivity contribution in [2.75, 3.05) is 13.2 Å². The van der Waals surface area contributed by atoms with E-state index in [0.29, 0.717) is 6.10 Å². The topological polar surface area (TPSA) is 87.2 Å². The third-order valence-electron chi connectivity index (χ3n) is 6.08. The highest BCUT2D eigenvalue weighted by molar-refractivity contribution is 5.83. The molecule has 194 valence electrons. The number of fused-ring (bicyclic) bond motifs is 1. The van der Waals surface area contributed by atoms with E-state index in [1.54, 1.807) is 0 Å². The molecule has 0 spiro atoms. The van der Waals surface area contributed by atoms with Gasteiger partial charge in [0, 0.05) is 25.3 Å². The van der Waals surface area contributed by atoms with Crippen molar-refractivity contribution in [3.05, 3.63) is 77.9 Å². The van der Waals surface area contributed by atoms with Gasteiger partial charge < -0.3 is 20.1 Å². The van der Waals surface area contributed by atoms with Gasteiger partial charge in [-0.3, -0.25) is 0 Å². The van der Waals surface area contributed by atoms with E-state index in [-0.39, 0.29) is 0 Å². The molecule has 1 saturated heterocycles. The predicted molar refractivity (Wildman–Crippen MR) is 136 cm³/mol. The summed E-state index contributed by atoms with van der Waals surface area (Å²) >= 11 is 0. The summed E-state index contributed by atoms with van der Waals surface area (Å²) in [5.41, 5.74) is 8.12. The Kier molecular flexibility index (Phi) is 8.25. The van der Waals surface area contributed by atoms with Crippen LogP contribution in [-0.4, -0.2) is 46.5 Å². The van der Waals surface area contributed by atoms with Gasteiger partial charge in [-0.25, -0.2) is 9.78 Å². The van der Waals surface area contributed by atoms with Gasteiger partial charge in [-0.05, 0) is 60.2 Å². The predicted octanol–water partition coefficient (Wildman–Crippen LogP) is 6.11. The summed E-state index contributed by atoms with van der Waals surface area (Å²) in [4.78, 5) is 17.2. The summed E-state index contributed by atoms with van der Waals surface area (Å²) in [6.07, 6.45) is -2.36. The number of carboxylic acids is 1. The summed E-state index contributed by atoms with van der Waals surface area (Å²) in [6.45, 7) is 4.78. The molecule has 4 aromatic rings. The van der Waals surface area contributed by atoms with Crippen molar-refractivity contribution in [1.82, 2.24) is 15.3 Å². The fourth-order valence-corrected chi connectivity index (χ4v) is 4.20. The monoisotopic (exact) mass is 511 g/mol. The summed E-state index contributed by atoms with van der Waals surface area (Å²) in [7, 11) is 0. The van der Waals surface area contributed by atoms with Gasteiger partial charge >= 0.3 is 12.1 Å². The first kappa shape index (κ1) is 26.4. The highest BCUT2D eigenvalue weighted by Crippen LogP contribution is 2.28. The number of para-hydroxylation sites is 1. The van der Waals surface area contributed by atoms with Gasteiger partial charge in [-0.1, -0.05) is 48.5 Å². The van der Waals surface area contributed by atoms with Crippen molar-refractivity contribution in [3.63, 3.8) is 0 Å². The number of aryl methyl sites for hydroxylation is 1. The molecular formula is C28H28F3N3O3. The minimum atomic E-state index is -5.08. The van der Waals surface area contributed by atoms with E-state index in [1.807, 2.05) is 0 Å². The number of nitrogens with one attached hydrogen (secondary N) is 2. The van der Waals surface area contributed by atoms with Crippen LogP contribution in [0.5, 0.6) is 0 Å². The van der Waals surface area contributed by atoms with Crippen molar-refractivity contribution in [2.45, 2.75) is 38.6 Å². The van der Waals surface area contributed by atoms with E-state index >= 15 is 0 Å². The highest BCUT2D eigenvalue weighted by atomic mass is 19.4. The Morgan fingerprint density at radius 1 is 1.08 bits per heavy atom. The number of hydrogen-bond donors (Lipinski definition) is 3. The molecule has 1 aromatic heterocycles. The highest BCUT2D eigenvalue weighted by Gasteiger charge is 2.38. The maximum Gasteiger partial charge on any atom is 0.490 e. The van der Waals surface area contributed by atoms with Crippen molar-refractivity contribution in [2.24, 2.45) is 0 Å². The first-order valence-corrected chi connectivity index (χ1v) is 12.0. The number of halogens is 3. The number of alkyl halides is 3. The molecule has 9 heteroatoms. The van der Waals surface area contributed by atoms with Gasteiger partial charge in [-0.2, -0.15) is 13.2 Å². The Bertz CT molecular complexity index is 1360. The van der Waals surface area contributed by atoms with E-state index in [4.69, 9.17) is 19.6 Å². The lowest BCUT2D eigenvalue weighted by Gasteiger charge is -2.11. The zero-order chi connectivity index (χ0) is 26.4. The normalized spacial score (nSPS) is 15.4. The van der Waals surface area contributed by atoms with Crippen molar-refractivity contribution in [3.8, 4) is 22.5 Å². The minimum Gasteiger partial charge on any atom is -0.475 e. The SMILES string of the molecule is Cc1cccc2[nH]c(-c3cccc(-c4cccc(CNCC5CCCO5)c4)c3)nc12.O=C(O)C(F)(F)F. The molecule has 0 amide bonds. The lowest BCUT2D eigenvalue weighted by Crippen LogP contribution is -2.25. The maximum absolute atomic E-state index is 10.6. The van der Waals surface area contributed by atoms with Crippen LogP contribution in [0.2, 0.25) is 0 Å². The molecule has 6 nitrogen and oxygen atoms in total. The van der Waals surface area contributed by atoms with Crippen molar-refractivity contribution >= 4 is 17.0 Å². The number of ether oxygens (including phenoxy) is 1. The van der Waals surface area contributed by atoms with Crippen LogP contribution in [-0.2, 0) is 16.1 Å². The number of benzene rings is 3. The Balaban J connectivity index is 0.000000405. The summed E-state index contributed by atoms with van der Waals surface area (Å²) < 4.78 is 37.4. The number of H-pyrrole nitrogens is 1. The first-order valence-electron chi connectivity index (χ1n) is 12.0. The number of hydrogen-bond acceptors (Lipinski definition) is 4. The molecule has 1 aliphatic heterocycles. The van der Waals surface area contributed by atoms with Crippen LogP contribution in [0.4, 0.5) is 13.2 Å². The first-order chi connectivity index (χ1) is 17.7. The number of carbonyl (C=O) groups is 1. The summed E-state index contributed by atoms with van der Waals surface area (Å²) in [5, 5.41) is 10.7. The lowest BCUT2D eigenvalue weighted by molar-refractivity contribution is -0.192. The molecule has 0 aliphatic carbocycles. The average molecular weight is 512 g/mol. The number of aromatic nitrogens is 2. The van der Waals surface area contributed by atoms with Gasteiger partial charge in [0.25, 0.3) is 0 Å². The van der Waals surface area contributed by atoms with Gasteiger partial charge in [0.1, 0.15) is 5.82 Å². The van der Waals surface area contributed by atoms with E-state index in [0.717, 1.165) is 42.1 Å². The lowest BCUT2D eigenvalue weighted by atomic mass is 10.0. The molecule has 0 radical (unpaired) electrons. The van der Waals surface area contributed by atoms with Crippen molar-refractivity contribution in [1.29, 1.82) is 0 Å². The van der Waals surface area contributed by atoms with E-state index < -0.39 is 12.1 Å². The smallest absolute Gasteiger partial charge is 0.475 e. The van der Waals surface area contributed by atoms with E-state index in [1.165, 1.54) is 35.1 Å². The minimum absolute atomic E-state index is 0.373. The molecule has 1 unspecified atom stereocenters. The standard InChI is InChI=1S/C26H27N3O.C2HF3O2/c1-18-6-2-12-24-25(18)29-26(28-24)22-10-4-9-21(15-22)20-8-3-7-19(14-20)16-27-17-23-11-5-13-30-23;3-2(4,5)1(6)7/h2-4,6-10,12,14-15,23,27H,5,11,13,16-17H2,1H3,(H,28,29);(H,6,7). The molecule has 1 aliphatic rings. The van der Waals surface area contributed by atoms with Crippen LogP contribution < -0.4 is 5.32 Å². The van der Waals surface area contributed by atoms with Crippen LogP contribution in [0.25, 0.3) is 33.5 Å². The Morgan fingerprint density at radius 3 is 2.43 bits per heavy atom. The van der Waals surface area contributed by atoms with Gasteiger partial charge in [-0.15, -0.1) is 0 Å². The number of aromatic amines is 1. The van der Waals surface area contributed by atoms with E-state index in [9.17, 15) is 13.2 Å². The Hall–Kier alpha value is -3.69. The molecular weight excluding hydrogens is 483 g/mol. The largest absolute Gasteiger partial charge is 0.490 e. The second-order valence-electron chi connectivity index (χ2n) is 8.91. The quantitative estimate of drug-likeness (QED) is 0.291. The third kappa shape index (κ3) is 6.96. The maximum atomic E-state index is 10.6. The van der Waals surface area contributed by atoms with Crippen LogP contribution in [0.15, 0.2) is 66.7 Å². The molecule has 0 bridgehead atoms. The zero-order valence-electron chi connectivity index (χ0n) is 20.3. The summed E-state index contributed by atoms with van der Waals surface area (Å²) in [6, 6.07) is 23.6. The average Bonchev–Trinajstić information content (AvgIpc) is 3.55. The molecule has 1 fully saturated rings. The molecule has 3 aromatic carbocycles. The molecule has 37 heavy (non-hydrogen) atoms. The molecule has 5 rings (SSSR count). The van der Waals surface area contributed by atoms with Gasteiger partial charge in [0.15, 0.2) is 0 Å². The molecule has 1 atom stereocenters. The Labute approximate surface area is 212 Å². The van der Waals surface area contributed by atoms with E-state index in [2.05, 4.69) is 84.0 Å². The van der Waals surface area contributed by atoms with Crippen LogP contribution in [0, 0.1) is 6.92 Å². The van der Waals surface area contributed by atoms with Crippen LogP contribution in [0.1, 0.15) is 24.0 Å². The van der Waals surface area contributed by atoms with Gasteiger partial charge in [0.05, 0.1) is 17.1 Å². The molecule has 0 saturated carbocycles. The van der Waals surface area contributed by atoms with Gasteiger partial charge in [0.2, 0.25) is 0 Å². The number of aliphatic carboxylic acids is 1. The van der Waals surface area contributed by atoms with Crippen LogP contribution in [0.3, 0.4) is 0 Å². The fraction of sp³-hybridized carbons (Fsp3) is 0.286. The van der Waals surface area contributed by atoms with Crippen molar-refractivity contribution < 1.29 is 27.8 Å². The Morgan fingerprint density at radius 2 is 1.76 bits per heavy atom. The zero-order valence-corrected chi connectivity index (χ0v) is 20.3. The van der Waals surface area contributed by atoms with Crippen LogP contribution >= 0.6 is 0 Å². The number of rotatable bonds is 6. The number of imidazole rings is 1. The number of nitrogens with zero attached hydrogens (tertiary/aromatic N) is 1. The molecule has 2 heterocycles. The fourth-order valence-electron chi connectivity index (χ4n) is 4.20. The summed E-state index contributed by atoms with van der Waals surface area (Å²) in [5.74, 6) is -1.84. The third-order valence-corrected chi connectivity index (χ3v) is 6.08. The second-order valence-corrected chi connectivity index (χ2v) is 8.91. The number of carboxylic acid groups (broad SMARTS) is 1. The molecule has 3 N–H and O–H groups in total.